The molecule has 0 aromatic heterocycles. The van der Waals surface area contributed by atoms with E-state index in [0.29, 0.717) is 13.0 Å². The number of rotatable bonds is 4. The maximum atomic E-state index is 13.0. The molecule has 1 fully saturated rings. The number of carboxylic acids is 1. The van der Waals surface area contributed by atoms with Gasteiger partial charge in [0.1, 0.15) is 0 Å². The zero-order valence-electron chi connectivity index (χ0n) is 12.5. The van der Waals surface area contributed by atoms with E-state index in [4.69, 9.17) is 5.11 Å². The van der Waals surface area contributed by atoms with Crippen LogP contribution in [0.1, 0.15) is 36.8 Å². The van der Waals surface area contributed by atoms with Gasteiger partial charge in [-0.1, -0.05) is 18.2 Å². The normalized spacial score (nSPS) is 18.7. The average molecular weight is 329 g/mol. The number of nitrogens with zero attached hydrogens (tertiary/aromatic N) is 1. The number of aliphatic carboxylic acids is 1. The maximum Gasteiger partial charge on any atom is 0.416 e. The van der Waals surface area contributed by atoms with Gasteiger partial charge in [-0.25, -0.2) is 0 Å². The summed E-state index contributed by atoms with van der Waals surface area (Å²) >= 11 is 0. The summed E-state index contributed by atoms with van der Waals surface area (Å²) in [6, 6.07) is 4.55. The number of carbonyl (C=O) groups is 2. The lowest BCUT2D eigenvalue weighted by molar-refractivity contribution is -0.141. The van der Waals surface area contributed by atoms with Crippen molar-refractivity contribution in [2.45, 2.75) is 44.3 Å². The molecule has 1 amide bonds. The average Bonchev–Trinajstić information content (AvgIpc) is 2.46. The zero-order chi connectivity index (χ0) is 17.0. The van der Waals surface area contributed by atoms with Gasteiger partial charge < -0.3 is 10.0 Å². The van der Waals surface area contributed by atoms with Gasteiger partial charge in [0.25, 0.3) is 0 Å². The number of hydrogen-bond donors (Lipinski definition) is 1. The fourth-order valence-corrected chi connectivity index (χ4v) is 2.96. The third-order valence-corrected chi connectivity index (χ3v) is 4.02. The molecule has 23 heavy (non-hydrogen) atoms. The third kappa shape index (κ3) is 4.46. The first-order valence-electron chi connectivity index (χ1n) is 7.45. The van der Waals surface area contributed by atoms with Crippen molar-refractivity contribution in [3.05, 3.63) is 35.4 Å². The number of hydrogen-bond acceptors (Lipinski definition) is 2. The Morgan fingerprint density at radius 2 is 1.91 bits per heavy atom. The van der Waals surface area contributed by atoms with Crippen LogP contribution in [0.4, 0.5) is 13.2 Å². The lowest BCUT2D eigenvalue weighted by Crippen LogP contribution is -2.45. The molecule has 1 aromatic rings. The lowest BCUT2D eigenvalue weighted by atomic mass is 9.97. The molecule has 0 saturated carbocycles. The predicted octanol–water partition coefficient (Wildman–Crippen LogP) is 3.10. The van der Waals surface area contributed by atoms with E-state index in [1.807, 2.05) is 0 Å². The van der Waals surface area contributed by atoms with Crippen LogP contribution < -0.4 is 0 Å². The molecule has 0 unspecified atom stereocenters. The Labute approximate surface area is 131 Å². The van der Waals surface area contributed by atoms with Gasteiger partial charge in [-0.2, -0.15) is 13.2 Å². The van der Waals surface area contributed by atoms with E-state index in [0.717, 1.165) is 18.9 Å². The number of likely N-dealkylation sites (tertiary alicyclic amines) is 1. The minimum atomic E-state index is -4.51. The SMILES string of the molecule is O=C(O)C[C@H]1CCCCN1C(=O)Cc1ccccc1C(F)(F)F. The quantitative estimate of drug-likeness (QED) is 0.923. The Hall–Kier alpha value is -2.05. The third-order valence-electron chi connectivity index (χ3n) is 4.02. The van der Waals surface area contributed by atoms with Crippen LogP contribution in [0.25, 0.3) is 0 Å². The largest absolute Gasteiger partial charge is 0.481 e. The summed E-state index contributed by atoms with van der Waals surface area (Å²) in [4.78, 5) is 24.7. The van der Waals surface area contributed by atoms with E-state index in [-0.39, 0.29) is 18.4 Å². The molecule has 126 valence electrons. The van der Waals surface area contributed by atoms with Crippen LogP contribution >= 0.6 is 0 Å². The molecule has 0 radical (unpaired) electrons. The van der Waals surface area contributed by atoms with Gasteiger partial charge in [-0.05, 0) is 30.9 Å². The van der Waals surface area contributed by atoms with E-state index in [9.17, 15) is 22.8 Å². The van der Waals surface area contributed by atoms with Crippen molar-refractivity contribution < 1.29 is 27.9 Å². The number of piperidine rings is 1. The Balaban J connectivity index is 2.16. The molecule has 1 aliphatic rings. The van der Waals surface area contributed by atoms with Gasteiger partial charge in [0.15, 0.2) is 0 Å². The van der Waals surface area contributed by atoms with Crippen LogP contribution in [-0.4, -0.2) is 34.5 Å². The molecule has 1 aliphatic heterocycles. The topological polar surface area (TPSA) is 57.6 Å². The molecule has 4 nitrogen and oxygen atoms in total. The number of alkyl halides is 3. The minimum Gasteiger partial charge on any atom is -0.481 e. The highest BCUT2D eigenvalue weighted by Crippen LogP contribution is 2.32. The maximum absolute atomic E-state index is 13.0. The minimum absolute atomic E-state index is 0.0790. The molecule has 7 heteroatoms. The van der Waals surface area contributed by atoms with Crippen molar-refractivity contribution in [2.24, 2.45) is 0 Å². The Kier molecular flexibility index (Phi) is 5.28. The predicted molar refractivity (Wildman–Crippen MR) is 76.8 cm³/mol. The highest BCUT2D eigenvalue weighted by molar-refractivity contribution is 5.80. The number of carboxylic acid groups (broad SMARTS) is 1. The fourth-order valence-electron chi connectivity index (χ4n) is 2.96. The highest BCUT2D eigenvalue weighted by atomic mass is 19.4. The van der Waals surface area contributed by atoms with E-state index >= 15 is 0 Å². The second kappa shape index (κ2) is 7.02. The standard InChI is InChI=1S/C16H18F3NO3/c17-16(18,19)13-7-2-1-5-11(13)9-14(21)20-8-4-3-6-12(20)10-15(22)23/h1-2,5,7,12H,3-4,6,8-10H2,(H,22,23)/t12-/m1/s1. The number of carbonyl (C=O) groups excluding carboxylic acids is 1. The summed E-state index contributed by atoms with van der Waals surface area (Å²) in [6.45, 7) is 0.394. The van der Waals surface area contributed by atoms with Gasteiger partial charge >= 0.3 is 12.1 Å². The summed E-state index contributed by atoms with van der Waals surface area (Å²) in [5.74, 6) is -1.46. The Bertz CT molecular complexity index is 586. The first-order valence-corrected chi connectivity index (χ1v) is 7.45. The molecule has 1 aromatic carbocycles. The molecule has 1 atom stereocenters. The van der Waals surface area contributed by atoms with Crippen LogP contribution in [-0.2, 0) is 22.2 Å². The monoisotopic (exact) mass is 329 g/mol. The van der Waals surface area contributed by atoms with Crippen LogP contribution in [0.3, 0.4) is 0 Å². The van der Waals surface area contributed by atoms with Crippen LogP contribution in [0.2, 0.25) is 0 Å². The second-order valence-corrected chi connectivity index (χ2v) is 5.67. The molecule has 0 bridgehead atoms. The van der Waals surface area contributed by atoms with Crippen LogP contribution in [0, 0.1) is 0 Å². The first kappa shape index (κ1) is 17.3. The highest BCUT2D eigenvalue weighted by Gasteiger charge is 2.34. The van der Waals surface area contributed by atoms with Crippen molar-refractivity contribution >= 4 is 11.9 Å². The number of halogens is 3. The summed E-state index contributed by atoms with van der Waals surface area (Å²) in [5, 5.41) is 8.92. The molecule has 1 heterocycles. The zero-order valence-corrected chi connectivity index (χ0v) is 12.5. The smallest absolute Gasteiger partial charge is 0.416 e. The van der Waals surface area contributed by atoms with Crippen molar-refractivity contribution in [1.29, 1.82) is 0 Å². The molecular weight excluding hydrogens is 311 g/mol. The van der Waals surface area contributed by atoms with Crippen LogP contribution in [0.15, 0.2) is 24.3 Å². The van der Waals surface area contributed by atoms with Crippen molar-refractivity contribution in [3.8, 4) is 0 Å². The van der Waals surface area contributed by atoms with Gasteiger partial charge in [-0.3, -0.25) is 9.59 Å². The summed E-state index contributed by atoms with van der Waals surface area (Å²) in [6.07, 6.45) is -2.93. The molecule has 0 spiro atoms. The summed E-state index contributed by atoms with van der Waals surface area (Å²) in [5.41, 5.74) is -0.898. The van der Waals surface area contributed by atoms with Crippen molar-refractivity contribution in [2.75, 3.05) is 6.54 Å². The summed E-state index contributed by atoms with van der Waals surface area (Å²) < 4.78 is 39.0. The van der Waals surface area contributed by atoms with Gasteiger partial charge in [-0.15, -0.1) is 0 Å². The van der Waals surface area contributed by atoms with Gasteiger partial charge in [0, 0.05) is 12.6 Å². The van der Waals surface area contributed by atoms with Gasteiger partial charge in [0.2, 0.25) is 5.91 Å². The van der Waals surface area contributed by atoms with Crippen molar-refractivity contribution in [1.82, 2.24) is 4.90 Å². The summed E-state index contributed by atoms with van der Waals surface area (Å²) in [7, 11) is 0. The number of benzene rings is 1. The van der Waals surface area contributed by atoms with E-state index in [1.54, 1.807) is 0 Å². The van der Waals surface area contributed by atoms with Crippen molar-refractivity contribution in [3.63, 3.8) is 0 Å². The molecule has 1 N–H and O–H groups in total. The molecule has 0 aliphatic carbocycles. The van der Waals surface area contributed by atoms with Crippen LogP contribution in [0.5, 0.6) is 0 Å². The second-order valence-electron chi connectivity index (χ2n) is 5.67. The Morgan fingerprint density at radius 1 is 1.22 bits per heavy atom. The number of amides is 1. The van der Waals surface area contributed by atoms with E-state index < -0.39 is 29.7 Å². The molecule has 2 rings (SSSR count). The van der Waals surface area contributed by atoms with E-state index in [1.165, 1.54) is 23.1 Å². The fraction of sp³-hybridized carbons (Fsp3) is 0.500. The Morgan fingerprint density at radius 3 is 2.57 bits per heavy atom. The molecule has 1 saturated heterocycles. The van der Waals surface area contributed by atoms with Gasteiger partial charge in [0.05, 0.1) is 18.4 Å². The lowest BCUT2D eigenvalue weighted by Gasteiger charge is -2.35. The van der Waals surface area contributed by atoms with E-state index in [2.05, 4.69) is 0 Å². The first-order chi connectivity index (χ1) is 10.8. The molecular formula is C16H18F3NO3.